The highest BCUT2D eigenvalue weighted by molar-refractivity contribution is 6.31. The molecule has 0 bridgehead atoms. The van der Waals surface area contributed by atoms with E-state index < -0.39 is 0 Å². The standard InChI is InChI=1S/C17H12ClNO2/c1-11-4-2-3-5-13(11)17-14-8-12(18)6-7-15(14)21-16(17)9-19-10-20/h2-8H,9H2,1H3. The molecule has 0 aliphatic rings. The van der Waals surface area contributed by atoms with Crippen LogP contribution in [-0.4, -0.2) is 6.08 Å². The number of aryl methyl sites for hydroxylation is 1. The van der Waals surface area contributed by atoms with Gasteiger partial charge in [-0.05, 0) is 36.2 Å². The fourth-order valence-electron chi connectivity index (χ4n) is 2.48. The van der Waals surface area contributed by atoms with Gasteiger partial charge in [-0.3, -0.25) is 0 Å². The Morgan fingerprint density at radius 3 is 2.81 bits per heavy atom. The number of fused-ring (bicyclic) bond motifs is 1. The molecule has 1 aromatic heterocycles. The highest BCUT2D eigenvalue weighted by Crippen LogP contribution is 2.38. The zero-order valence-electron chi connectivity index (χ0n) is 11.4. The monoisotopic (exact) mass is 297 g/mol. The topological polar surface area (TPSA) is 42.6 Å². The van der Waals surface area contributed by atoms with Gasteiger partial charge in [0.05, 0.1) is 0 Å². The molecule has 21 heavy (non-hydrogen) atoms. The first-order valence-electron chi connectivity index (χ1n) is 6.51. The number of furan rings is 1. The largest absolute Gasteiger partial charge is 0.458 e. The molecular weight excluding hydrogens is 286 g/mol. The van der Waals surface area contributed by atoms with Crippen LogP contribution in [0.25, 0.3) is 22.1 Å². The summed E-state index contributed by atoms with van der Waals surface area (Å²) < 4.78 is 5.83. The molecule has 3 rings (SSSR count). The summed E-state index contributed by atoms with van der Waals surface area (Å²) in [6.07, 6.45) is 1.55. The van der Waals surface area contributed by atoms with E-state index in [-0.39, 0.29) is 6.54 Å². The molecule has 0 unspecified atom stereocenters. The van der Waals surface area contributed by atoms with Crippen molar-refractivity contribution in [3.8, 4) is 11.1 Å². The van der Waals surface area contributed by atoms with E-state index in [0.717, 1.165) is 27.7 Å². The van der Waals surface area contributed by atoms with Crippen LogP contribution in [0.1, 0.15) is 11.3 Å². The van der Waals surface area contributed by atoms with Crippen molar-refractivity contribution in [1.82, 2.24) is 0 Å². The lowest BCUT2D eigenvalue weighted by atomic mass is 9.97. The normalized spacial score (nSPS) is 10.6. The molecule has 0 fully saturated rings. The fraction of sp³-hybridized carbons (Fsp3) is 0.118. The molecule has 0 N–H and O–H groups in total. The predicted molar refractivity (Wildman–Crippen MR) is 83.2 cm³/mol. The molecule has 2 aromatic carbocycles. The Morgan fingerprint density at radius 1 is 1.24 bits per heavy atom. The quantitative estimate of drug-likeness (QED) is 0.510. The van der Waals surface area contributed by atoms with Gasteiger partial charge in [0.2, 0.25) is 6.08 Å². The van der Waals surface area contributed by atoms with Crippen LogP contribution in [0.3, 0.4) is 0 Å². The van der Waals surface area contributed by atoms with Gasteiger partial charge in [0.25, 0.3) is 0 Å². The van der Waals surface area contributed by atoms with Gasteiger partial charge in [0.15, 0.2) is 0 Å². The predicted octanol–water partition coefficient (Wildman–Crippen LogP) is 4.90. The number of rotatable bonds is 3. The van der Waals surface area contributed by atoms with Gasteiger partial charge < -0.3 is 4.42 Å². The third kappa shape index (κ3) is 2.49. The maximum Gasteiger partial charge on any atom is 0.235 e. The molecule has 0 saturated heterocycles. The Bertz CT molecular complexity index is 860. The SMILES string of the molecule is Cc1ccccc1-c1c(CN=C=O)oc2ccc(Cl)cc12. The molecule has 0 atom stereocenters. The molecule has 4 heteroatoms. The first kappa shape index (κ1) is 13.6. The van der Waals surface area contributed by atoms with E-state index in [0.29, 0.717) is 10.8 Å². The molecule has 0 saturated carbocycles. The Balaban J connectivity index is 2.34. The van der Waals surface area contributed by atoms with E-state index >= 15 is 0 Å². The summed E-state index contributed by atoms with van der Waals surface area (Å²) in [5, 5.41) is 1.57. The number of benzene rings is 2. The van der Waals surface area contributed by atoms with Crippen molar-refractivity contribution in [3.63, 3.8) is 0 Å². The van der Waals surface area contributed by atoms with E-state index in [1.165, 1.54) is 0 Å². The van der Waals surface area contributed by atoms with Crippen molar-refractivity contribution in [2.24, 2.45) is 4.99 Å². The van der Waals surface area contributed by atoms with Crippen molar-refractivity contribution in [2.75, 3.05) is 0 Å². The van der Waals surface area contributed by atoms with Crippen LogP contribution in [0.4, 0.5) is 0 Å². The third-order valence-electron chi connectivity index (χ3n) is 3.42. The summed E-state index contributed by atoms with van der Waals surface area (Å²) in [5.41, 5.74) is 3.84. The molecule has 0 spiro atoms. The second-order valence-corrected chi connectivity index (χ2v) is 5.20. The van der Waals surface area contributed by atoms with Crippen molar-refractivity contribution in [2.45, 2.75) is 13.5 Å². The van der Waals surface area contributed by atoms with E-state index in [2.05, 4.69) is 4.99 Å². The van der Waals surface area contributed by atoms with Crippen molar-refractivity contribution in [3.05, 3.63) is 58.8 Å². The van der Waals surface area contributed by atoms with Gasteiger partial charge in [0.1, 0.15) is 17.9 Å². The lowest BCUT2D eigenvalue weighted by Crippen LogP contribution is -1.87. The summed E-state index contributed by atoms with van der Waals surface area (Å²) in [7, 11) is 0. The fourth-order valence-corrected chi connectivity index (χ4v) is 2.66. The smallest absolute Gasteiger partial charge is 0.235 e. The average Bonchev–Trinajstić information content (AvgIpc) is 2.83. The minimum absolute atomic E-state index is 0.166. The van der Waals surface area contributed by atoms with E-state index in [1.54, 1.807) is 12.1 Å². The first-order chi connectivity index (χ1) is 10.2. The number of nitrogens with zero attached hydrogens (tertiary/aromatic N) is 1. The van der Waals surface area contributed by atoms with Gasteiger partial charge in [-0.1, -0.05) is 35.9 Å². The number of carbonyl (C=O) groups excluding carboxylic acids is 1. The average molecular weight is 298 g/mol. The second kappa shape index (κ2) is 5.57. The lowest BCUT2D eigenvalue weighted by molar-refractivity contribution is 0.543. The molecule has 1 heterocycles. The highest BCUT2D eigenvalue weighted by atomic mass is 35.5. The molecular formula is C17H12ClNO2. The second-order valence-electron chi connectivity index (χ2n) is 4.76. The summed E-state index contributed by atoms with van der Waals surface area (Å²) in [6, 6.07) is 13.5. The summed E-state index contributed by atoms with van der Waals surface area (Å²) in [5.74, 6) is 0.643. The number of hydrogen-bond donors (Lipinski definition) is 0. The van der Waals surface area contributed by atoms with Gasteiger partial charge in [-0.2, -0.15) is 4.99 Å². The van der Waals surface area contributed by atoms with Crippen molar-refractivity contribution < 1.29 is 9.21 Å². The zero-order chi connectivity index (χ0) is 14.8. The number of halogens is 1. The zero-order valence-corrected chi connectivity index (χ0v) is 12.1. The Morgan fingerprint density at radius 2 is 2.05 bits per heavy atom. The number of aliphatic imine (C=N–C) groups is 1. The van der Waals surface area contributed by atoms with Gasteiger partial charge >= 0.3 is 0 Å². The van der Waals surface area contributed by atoms with Crippen molar-refractivity contribution in [1.29, 1.82) is 0 Å². The first-order valence-corrected chi connectivity index (χ1v) is 6.89. The Kier molecular flexibility index (Phi) is 3.61. The van der Waals surface area contributed by atoms with Gasteiger partial charge in [-0.25, -0.2) is 4.79 Å². The molecule has 104 valence electrons. The molecule has 0 aliphatic heterocycles. The summed E-state index contributed by atoms with van der Waals surface area (Å²) in [4.78, 5) is 14.1. The van der Waals surface area contributed by atoms with Crippen LogP contribution in [0.2, 0.25) is 5.02 Å². The van der Waals surface area contributed by atoms with Crippen LogP contribution in [0.5, 0.6) is 0 Å². The van der Waals surface area contributed by atoms with E-state index in [4.69, 9.17) is 16.0 Å². The van der Waals surface area contributed by atoms with Crippen molar-refractivity contribution >= 4 is 28.7 Å². The van der Waals surface area contributed by atoms with Crippen LogP contribution < -0.4 is 0 Å². The van der Waals surface area contributed by atoms with Gasteiger partial charge in [0, 0.05) is 16.0 Å². The summed E-state index contributed by atoms with van der Waals surface area (Å²) >= 11 is 6.10. The molecule has 0 amide bonds. The van der Waals surface area contributed by atoms with E-state index in [9.17, 15) is 4.79 Å². The minimum atomic E-state index is 0.166. The maximum atomic E-state index is 10.4. The van der Waals surface area contributed by atoms with E-state index in [1.807, 2.05) is 43.3 Å². The van der Waals surface area contributed by atoms with Crippen LogP contribution >= 0.6 is 11.6 Å². The van der Waals surface area contributed by atoms with Crippen LogP contribution in [0, 0.1) is 6.92 Å². The van der Waals surface area contributed by atoms with Gasteiger partial charge in [-0.15, -0.1) is 0 Å². The Hall–Kier alpha value is -2.35. The summed E-state index contributed by atoms with van der Waals surface area (Å²) in [6.45, 7) is 2.20. The molecule has 3 nitrogen and oxygen atoms in total. The molecule has 0 aliphatic carbocycles. The number of hydrogen-bond acceptors (Lipinski definition) is 3. The minimum Gasteiger partial charge on any atom is -0.458 e. The van der Waals surface area contributed by atoms with Crippen LogP contribution in [0.15, 0.2) is 51.9 Å². The maximum absolute atomic E-state index is 10.4. The van der Waals surface area contributed by atoms with Crippen LogP contribution in [-0.2, 0) is 11.3 Å². The molecule has 3 aromatic rings. The lowest BCUT2D eigenvalue weighted by Gasteiger charge is -2.05. The molecule has 0 radical (unpaired) electrons. The third-order valence-corrected chi connectivity index (χ3v) is 3.66. The highest BCUT2D eigenvalue weighted by Gasteiger charge is 2.17. The Labute approximate surface area is 126 Å². The number of isocyanates is 1.